The summed E-state index contributed by atoms with van der Waals surface area (Å²) in [5.74, 6) is -0.150. The van der Waals surface area contributed by atoms with E-state index in [-0.39, 0.29) is 17.9 Å². The van der Waals surface area contributed by atoms with Crippen LogP contribution in [0.4, 0.5) is 5.00 Å². The maximum Gasteiger partial charge on any atom is 0.262 e. The van der Waals surface area contributed by atoms with Crippen molar-refractivity contribution in [1.29, 1.82) is 0 Å². The van der Waals surface area contributed by atoms with Crippen LogP contribution in [-0.2, 0) is 23.1 Å². The van der Waals surface area contributed by atoms with Gasteiger partial charge in [0.05, 0.1) is 5.56 Å². The molecule has 1 aliphatic carbocycles. The van der Waals surface area contributed by atoms with Crippen LogP contribution in [0.2, 0.25) is 0 Å². The van der Waals surface area contributed by atoms with Crippen molar-refractivity contribution in [3.63, 3.8) is 0 Å². The number of thiophene rings is 1. The topological polar surface area (TPSA) is 81.4 Å². The molecule has 0 unspecified atom stereocenters. The molecule has 1 aromatic carbocycles. The SMILES string of the molecule is CC(C)(C)c1ccc(OCC(=O)Nc2sc3c(c2C(N)=O)CCC3)cc1. The number of aryl methyl sites for hydroxylation is 1. The molecule has 0 spiro atoms. The van der Waals surface area contributed by atoms with Gasteiger partial charge in [0.15, 0.2) is 6.61 Å². The van der Waals surface area contributed by atoms with Gasteiger partial charge in [-0.15, -0.1) is 11.3 Å². The third kappa shape index (κ3) is 3.90. The lowest BCUT2D eigenvalue weighted by Crippen LogP contribution is -2.22. The summed E-state index contributed by atoms with van der Waals surface area (Å²) in [5, 5.41) is 3.32. The van der Waals surface area contributed by atoms with Crippen molar-refractivity contribution < 1.29 is 14.3 Å². The quantitative estimate of drug-likeness (QED) is 0.840. The second kappa shape index (κ2) is 7.11. The normalized spacial score (nSPS) is 13.3. The van der Waals surface area contributed by atoms with Gasteiger partial charge in [-0.2, -0.15) is 0 Å². The molecule has 138 valence electrons. The van der Waals surface area contributed by atoms with Crippen molar-refractivity contribution in [3.8, 4) is 5.75 Å². The smallest absolute Gasteiger partial charge is 0.262 e. The first-order valence-corrected chi connectivity index (χ1v) is 9.55. The van der Waals surface area contributed by atoms with E-state index < -0.39 is 5.91 Å². The lowest BCUT2D eigenvalue weighted by molar-refractivity contribution is -0.118. The monoisotopic (exact) mass is 372 g/mol. The predicted octanol–water partition coefficient (Wildman–Crippen LogP) is 3.65. The van der Waals surface area contributed by atoms with Crippen LogP contribution < -0.4 is 15.8 Å². The highest BCUT2D eigenvalue weighted by atomic mass is 32.1. The Morgan fingerprint density at radius 1 is 1.19 bits per heavy atom. The molecule has 0 saturated heterocycles. The molecule has 1 aliphatic rings. The van der Waals surface area contributed by atoms with E-state index in [1.165, 1.54) is 16.9 Å². The van der Waals surface area contributed by atoms with Gasteiger partial charge in [-0.1, -0.05) is 32.9 Å². The summed E-state index contributed by atoms with van der Waals surface area (Å²) in [5.41, 5.74) is 8.24. The number of primary amides is 1. The fourth-order valence-electron chi connectivity index (χ4n) is 3.12. The van der Waals surface area contributed by atoms with E-state index in [1.807, 2.05) is 24.3 Å². The van der Waals surface area contributed by atoms with Crippen LogP contribution in [0.25, 0.3) is 0 Å². The fourth-order valence-corrected chi connectivity index (χ4v) is 4.43. The van der Waals surface area contributed by atoms with Gasteiger partial charge in [-0.3, -0.25) is 9.59 Å². The van der Waals surface area contributed by atoms with E-state index in [9.17, 15) is 9.59 Å². The van der Waals surface area contributed by atoms with Crippen molar-refractivity contribution in [2.45, 2.75) is 45.4 Å². The van der Waals surface area contributed by atoms with E-state index in [0.29, 0.717) is 16.3 Å². The van der Waals surface area contributed by atoms with Crippen molar-refractivity contribution in [2.24, 2.45) is 5.73 Å². The Labute approximate surface area is 157 Å². The number of rotatable bonds is 5. The predicted molar refractivity (Wildman–Crippen MR) is 104 cm³/mol. The third-order valence-electron chi connectivity index (χ3n) is 4.51. The maximum absolute atomic E-state index is 12.2. The van der Waals surface area contributed by atoms with Crippen LogP contribution in [-0.4, -0.2) is 18.4 Å². The highest BCUT2D eigenvalue weighted by Gasteiger charge is 2.26. The van der Waals surface area contributed by atoms with Crippen LogP contribution in [0.5, 0.6) is 5.75 Å². The first kappa shape index (κ1) is 18.5. The van der Waals surface area contributed by atoms with E-state index >= 15 is 0 Å². The average Bonchev–Trinajstić information content (AvgIpc) is 3.12. The lowest BCUT2D eigenvalue weighted by atomic mass is 9.87. The number of benzene rings is 1. The number of anilines is 1. The molecule has 1 heterocycles. The Morgan fingerprint density at radius 2 is 1.88 bits per heavy atom. The van der Waals surface area contributed by atoms with E-state index in [1.54, 1.807) is 0 Å². The number of nitrogens with one attached hydrogen (secondary N) is 1. The molecule has 0 atom stereocenters. The minimum atomic E-state index is -0.488. The first-order valence-electron chi connectivity index (χ1n) is 8.73. The number of hydrogen-bond acceptors (Lipinski definition) is 4. The van der Waals surface area contributed by atoms with Crippen molar-refractivity contribution >= 4 is 28.2 Å². The zero-order valence-corrected chi connectivity index (χ0v) is 16.2. The van der Waals surface area contributed by atoms with Gasteiger partial charge in [0.2, 0.25) is 0 Å². The highest BCUT2D eigenvalue weighted by molar-refractivity contribution is 7.17. The Balaban J connectivity index is 1.62. The molecule has 2 aromatic rings. The van der Waals surface area contributed by atoms with Crippen molar-refractivity contribution in [3.05, 3.63) is 45.8 Å². The third-order valence-corrected chi connectivity index (χ3v) is 5.72. The van der Waals surface area contributed by atoms with Gasteiger partial charge in [-0.05, 0) is 47.9 Å². The highest BCUT2D eigenvalue weighted by Crippen LogP contribution is 2.38. The van der Waals surface area contributed by atoms with Crippen LogP contribution in [0.1, 0.15) is 53.6 Å². The molecule has 2 amide bonds. The summed E-state index contributed by atoms with van der Waals surface area (Å²) in [6.45, 7) is 6.32. The molecule has 3 N–H and O–H groups in total. The van der Waals surface area contributed by atoms with Crippen molar-refractivity contribution in [2.75, 3.05) is 11.9 Å². The average molecular weight is 372 g/mol. The van der Waals surface area contributed by atoms with Crippen LogP contribution in [0, 0.1) is 0 Å². The fraction of sp³-hybridized carbons (Fsp3) is 0.400. The molecule has 0 radical (unpaired) electrons. The number of fused-ring (bicyclic) bond motifs is 1. The molecule has 0 fully saturated rings. The number of carbonyl (C=O) groups excluding carboxylic acids is 2. The number of ether oxygens (including phenoxy) is 1. The standard InChI is InChI=1S/C20H24N2O3S/c1-20(2,3)12-7-9-13(10-8-12)25-11-16(23)22-19-17(18(21)24)14-5-4-6-15(14)26-19/h7-10H,4-6,11H2,1-3H3,(H2,21,24)(H,22,23). The second-order valence-corrected chi connectivity index (χ2v) is 8.64. The Hall–Kier alpha value is -2.34. The molecule has 5 nitrogen and oxygen atoms in total. The number of nitrogens with two attached hydrogens (primary N) is 1. The Kier molecular flexibility index (Phi) is 5.05. The van der Waals surface area contributed by atoms with Gasteiger partial charge in [-0.25, -0.2) is 0 Å². The van der Waals surface area contributed by atoms with Gasteiger partial charge in [0.1, 0.15) is 10.8 Å². The Morgan fingerprint density at radius 3 is 2.50 bits per heavy atom. The number of hydrogen-bond donors (Lipinski definition) is 2. The molecular weight excluding hydrogens is 348 g/mol. The van der Waals surface area contributed by atoms with Gasteiger partial charge in [0, 0.05) is 4.88 Å². The largest absolute Gasteiger partial charge is 0.484 e. The molecule has 6 heteroatoms. The summed E-state index contributed by atoms with van der Waals surface area (Å²) in [7, 11) is 0. The summed E-state index contributed by atoms with van der Waals surface area (Å²) < 4.78 is 5.56. The molecule has 1 aromatic heterocycles. The van der Waals surface area contributed by atoms with Crippen molar-refractivity contribution in [1.82, 2.24) is 0 Å². The van der Waals surface area contributed by atoms with Crippen LogP contribution >= 0.6 is 11.3 Å². The molecule has 26 heavy (non-hydrogen) atoms. The molecular formula is C20H24N2O3S. The summed E-state index contributed by atoms with van der Waals surface area (Å²) in [6.07, 6.45) is 2.81. The second-order valence-electron chi connectivity index (χ2n) is 7.54. The number of carbonyl (C=O) groups is 2. The molecule has 0 aliphatic heterocycles. The van der Waals surface area contributed by atoms with Gasteiger partial charge >= 0.3 is 0 Å². The van der Waals surface area contributed by atoms with Gasteiger partial charge < -0.3 is 15.8 Å². The maximum atomic E-state index is 12.2. The van der Waals surface area contributed by atoms with E-state index in [2.05, 4.69) is 26.1 Å². The molecule has 3 rings (SSSR count). The van der Waals surface area contributed by atoms with Crippen LogP contribution in [0.3, 0.4) is 0 Å². The molecule has 0 bridgehead atoms. The molecule has 0 saturated carbocycles. The zero-order valence-electron chi connectivity index (χ0n) is 15.3. The van der Waals surface area contributed by atoms with Crippen LogP contribution in [0.15, 0.2) is 24.3 Å². The van der Waals surface area contributed by atoms with E-state index in [4.69, 9.17) is 10.5 Å². The minimum Gasteiger partial charge on any atom is -0.484 e. The van der Waals surface area contributed by atoms with E-state index in [0.717, 1.165) is 29.7 Å². The lowest BCUT2D eigenvalue weighted by Gasteiger charge is -2.19. The Bertz CT molecular complexity index is 832. The number of amides is 2. The summed E-state index contributed by atoms with van der Waals surface area (Å²) >= 11 is 1.44. The summed E-state index contributed by atoms with van der Waals surface area (Å²) in [4.78, 5) is 25.1. The first-order chi connectivity index (χ1) is 12.3. The summed E-state index contributed by atoms with van der Waals surface area (Å²) in [6, 6.07) is 7.73. The minimum absolute atomic E-state index is 0.0701. The zero-order chi connectivity index (χ0) is 18.9. The van der Waals surface area contributed by atoms with Gasteiger partial charge in [0.25, 0.3) is 11.8 Å².